The van der Waals surface area contributed by atoms with Crippen molar-refractivity contribution in [1.29, 1.82) is 0 Å². The number of para-hydroxylation sites is 3. The zero-order valence-corrected chi connectivity index (χ0v) is 26.1. The minimum absolute atomic E-state index is 0.0666. The van der Waals surface area contributed by atoms with Crippen LogP contribution in [0.2, 0.25) is 0 Å². The summed E-state index contributed by atoms with van der Waals surface area (Å²) in [6, 6.07) is 17.9. The Labute approximate surface area is 270 Å². The second kappa shape index (κ2) is 15.0. The summed E-state index contributed by atoms with van der Waals surface area (Å²) in [5, 5.41) is 16.6. The van der Waals surface area contributed by atoms with E-state index in [9.17, 15) is 32.9 Å². The summed E-state index contributed by atoms with van der Waals surface area (Å²) in [6.07, 6.45) is 0.485. The number of carbonyl (C=O) groups excluding carboxylic acids is 3. The Morgan fingerprint density at radius 1 is 0.915 bits per heavy atom. The number of nitro groups is 1. The van der Waals surface area contributed by atoms with Crippen LogP contribution < -0.4 is 10.6 Å². The molecule has 0 spiro atoms. The molecule has 1 aliphatic heterocycles. The van der Waals surface area contributed by atoms with Crippen LogP contribution in [0.3, 0.4) is 0 Å². The van der Waals surface area contributed by atoms with Crippen LogP contribution in [0.5, 0.6) is 0 Å². The minimum atomic E-state index is -4.23. The molecule has 14 nitrogen and oxygen atoms in total. The van der Waals surface area contributed by atoms with Crippen LogP contribution in [0.1, 0.15) is 28.2 Å². The number of amides is 3. The van der Waals surface area contributed by atoms with E-state index >= 15 is 0 Å². The maximum Gasteiger partial charge on any atom is 0.318 e. The highest BCUT2D eigenvalue weighted by Crippen LogP contribution is 2.21. The number of aryl methyl sites for hydroxylation is 1. The molecule has 0 radical (unpaired) electrons. The number of ketones is 1. The molecule has 4 aromatic rings. The summed E-state index contributed by atoms with van der Waals surface area (Å²) in [5.41, 5.74) is 1.25. The van der Waals surface area contributed by atoms with Crippen molar-refractivity contribution in [3.8, 4) is 0 Å². The molecule has 2 heterocycles. The van der Waals surface area contributed by atoms with Gasteiger partial charge in [-0.05, 0) is 30.5 Å². The molecule has 0 saturated carbocycles. The van der Waals surface area contributed by atoms with Crippen LogP contribution in [-0.2, 0) is 31.5 Å². The summed E-state index contributed by atoms with van der Waals surface area (Å²) in [7, 11) is -4.23. The predicted molar refractivity (Wildman–Crippen MR) is 170 cm³/mol. The Morgan fingerprint density at radius 2 is 1.60 bits per heavy atom. The van der Waals surface area contributed by atoms with Crippen molar-refractivity contribution in [3.05, 3.63) is 106 Å². The lowest BCUT2D eigenvalue weighted by Crippen LogP contribution is -2.57. The third-order valence-corrected chi connectivity index (χ3v) is 9.19. The minimum Gasteiger partial charge on any atom is -0.434 e. The van der Waals surface area contributed by atoms with Crippen LogP contribution in [-0.4, -0.2) is 85.1 Å². The average Bonchev–Trinajstić information content (AvgIpc) is 3.51. The zero-order valence-electron chi connectivity index (χ0n) is 25.2. The Morgan fingerprint density at radius 3 is 2.32 bits per heavy atom. The number of hydrogen-bond acceptors (Lipinski definition) is 10. The topological polar surface area (TPSA) is 191 Å². The number of morpholine rings is 1. The van der Waals surface area contributed by atoms with E-state index in [2.05, 4.69) is 15.6 Å². The van der Waals surface area contributed by atoms with Gasteiger partial charge in [0.25, 0.3) is 11.6 Å². The van der Waals surface area contributed by atoms with Gasteiger partial charge in [-0.2, -0.15) is 0 Å². The van der Waals surface area contributed by atoms with Crippen molar-refractivity contribution in [2.24, 2.45) is 0 Å². The number of ether oxygens (including phenoxy) is 1. The lowest BCUT2D eigenvalue weighted by Gasteiger charge is -2.29. The standard InChI is InChI=1S/C32H33N5O9S/c38-29(31-34-24-11-5-7-13-28(24)46-31)25(15-14-22-8-2-1-3-9-22)33-30(39)26(35-32(40)36-16-18-45-19-17-36)21-47(43,44)20-23-10-4-6-12-27(23)37(41)42/h1-13,25-26H,14-21H2,(H,33,39)(H,35,40)/t25-,26?/m0/s1. The van der Waals surface area contributed by atoms with E-state index in [1.54, 1.807) is 24.3 Å². The number of urea groups is 1. The molecule has 2 N–H and O–H groups in total. The van der Waals surface area contributed by atoms with Gasteiger partial charge in [0.05, 0.1) is 35.7 Å². The Hall–Kier alpha value is -5.15. The molecule has 1 unspecified atom stereocenters. The molecule has 1 fully saturated rings. The number of rotatable bonds is 13. The second-order valence-corrected chi connectivity index (χ2v) is 13.1. The number of benzene rings is 3. The normalized spacial score (nSPS) is 14.7. The number of hydrogen-bond donors (Lipinski definition) is 2. The van der Waals surface area contributed by atoms with Gasteiger partial charge in [0.1, 0.15) is 11.6 Å². The van der Waals surface area contributed by atoms with Crippen molar-refractivity contribution >= 4 is 44.3 Å². The van der Waals surface area contributed by atoms with E-state index in [0.29, 0.717) is 17.5 Å². The summed E-state index contributed by atoms with van der Waals surface area (Å²) in [4.78, 5) is 57.2. The molecule has 3 aromatic carbocycles. The van der Waals surface area contributed by atoms with Crippen molar-refractivity contribution in [1.82, 2.24) is 20.5 Å². The van der Waals surface area contributed by atoms with Gasteiger partial charge in [-0.1, -0.05) is 60.7 Å². The summed E-state index contributed by atoms with van der Waals surface area (Å²) >= 11 is 0. The van der Waals surface area contributed by atoms with E-state index in [1.807, 2.05) is 30.3 Å². The first kappa shape index (κ1) is 33.2. The fourth-order valence-corrected chi connectivity index (χ4v) is 6.75. The van der Waals surface area contributed by atoms with Crippen molar-refractivity contribution in [3.63, 3.8) is 0 Å². The van der Waals surface area contributed by atoms with Gasteiger partial charge in [0.15, 0.2) is 15.4 Å². The van der Waals surface area contributed by atoms with Crippen LogP contribution in [0.4, 0.5) is 10.5 Å². The van der Waals surface area contributed by atoms with Gasteiger partial charge < -0.3 is 24.7 Å². The van der Waals surface area contributed by atoms with Crippen molar-refractivity contribution in [2.75, 3.05) is 32.1 Å². The Bertz CT molecular complexity index is 1820. The number of nitrogens with zero attached hydrogens (tertiary/aromatic N) is 3. The molecule has 1 aromatic heterocycles. The van der Waals surface area contributed by atoms with Gasteiger partial charge >= 0.3 is 6.03 Å². The highest BCUT2D eigenvalue weighted by atomic mass is 32.2. The fraction of sp³-hybridized carbons (Fsp3) is 0.312. The Balaban J connectivity index is 1.41. The monoisotopic (exact) mass is 663 g/mol. The number of fused-ring (bicyclic) bond motifs is 1. The molecule has 3 amide bonds. The summed E-state index contributed by atoms with van der Waals surface area (Å²) in [6.45, 7) is 0.972. The molecule has 0 aliphatic carbocycles. The number of aromatic nitrogens is 1. The zero-order chi connectivity index (χ0) is 33.4. The molecule has 5 rings (SSSR count). The third kappa shape index (κ3) is 8.77. The molecule has 15 heteroatoms. The molecule has 246 valence electrons. The Kier molecular flexibility index (Phi) is 10.6. The van der Waals surface area contributed by atoms with Gasteiger partial charge in [0, 0.05) is 24.7 Å². The first-order valence-corrected chi connectivity index (χ1v) is 16.7. The fourth-order valence-electron chi connectivity index (χ4n) is 5.17. The van der Waals surface area contributed by atoms with E-state index in [0.717, 1.165) is 5.56 Å². The highest BCUT2D eigenvalue weighted by Gasteiger charge is 2.34. The average molecular weight is 664 g/mol. The molecule has 0 bridgehead atoms. The predicted octanol–water partition coefficient (Wildman–Crippen LogP) is 3.06. The summed E-state index contributed by atoms with van der Waals surface area (Å²) < 4.78 is 37.8. The largest absolute Gasteiger partial charge is 0.434 e. The number of oxazole rings is 1. The van der Waals surface area contributed by atoms with Gasteiger partial charge in [-0.15, -0.1) is 0 Å². The number of nitro benzene ring substituents is 1. The molecule has 1 saturated heterocycles. The van der Waals surface area contributed by atoms with Crippen molar-refractivity contribution in [2.45, 2.75) is 30.7 Å². The third-order valence-electron chi connectivity index (χ3n) is 7.60. The van der Waals surface area contributed by atoms with E-state index in [-0.39, 0.29) is 49.9 Å². The maximum atomic E-state index is 13.9. The van der Waals surface area contributed by atoms with Crippen LogP contribution in [0, 0.1) is 10.1 Å². The molecule has 1 aliphatic rings. The second-order valence-electron chi connectivity index (χ2n) is 11.0. The SMILES string of the molecule is O=C(N[C@@H](CCc1ccccc1)C(=O)c1nc2ccccc2o1)C(CS(=O)(=O)Cc1ccccc1[N+](=O)[O-])NC(=O)N1CCOCC1. The van der Waals surface area contributed by atoms with Gasteiger partial charge in [-0.3, -0.25) is 19.7 Å². The first-order valence-electron chi connectivity index (χ1n) is 14.9. The lowest BCUT2D eigenvalue weighted by molar-refractivity contribution is -0.385. The van der Waals surface area contributed by atoms with Crippen LogP contribution in [0.25, 0.3) is 11.1 Å². The summed E-state index contributed by atoms with van der Waals surface area (Å²) in [5.74, 6) is -3.43. The van der Waals surface area contributed by atoms with E-state index in [1.165, 1.54) is 29.2 Å². The number of sulfone groups is 1. The van der Waals surface area contributed by atoms with Gasteiger partial charge in [-0.25, -0.2) is 18.2 Å². The maximum absolute atomic E-state index is 13.9. The van der Waals surface area contributed by atoms with Crippen molar-refractivity contribution < 1.29 is 36.9 Å². The van der Waals surface area contributed by atoms with Gasteiger partial charge in [0.2, 0.25) is 11.7 Å². The molecule has 2 atom stereocenters. The number of Topliss-reactive ketones (excluding diaryl/α,β-unsaturated/α-hetero) is 1. The van der Waals surface area contributed by atoms with Crippen LogP contribution in [0.15, 0.2) is 83.3 Å². The smallest absolute Gasteiger partial charge is 0.318 e. The highest BCUT2D eigenvalue weighted by molar-refractivity contribution is 7.90. The van der Waals surface area contributed by atoms with E-state index in [4.69, 9.17) is 9.15 Å². The number of nitrogens with one attached hydrogen (secondary N) is 2. The number of carbonyl (C=O) groups is 3. The molecule has 47 heavy (non-hydrogen) atoms. The van der Waals surface area contributed by atoms with E-state index < -0.39 is 56.1 Å². The lowest BCUT2D eigenvalue weighted by atomic mass is 10.0. The molecular formula is C32H33N5O9S. The quantitative estimate of drug-likeness (QED) is 0.122. The van der Waals surface area contributed by atoms with Crippen LogP contribution >= 0.6 is 0 Å². The first-order chi connectivity index (χ1) is 22.6. The molecular weight excluding hydrogens is 630 g/mol.